The van der Waals surface area contributed by atoms with Gasteiger partial charge in [-0.25, -0.2) is 17.9 Å². The van der Waals surface area contributed by atoms with Crippen LogP contribution in [0.1, 0.15) is 23.7 Å². The highest BCUT2D eigenvalue weighted by Gasteiger charge is 2.17. The van der Waals surface area contributed by atoms with Gasteiger partial charge in [0.05, 0.1) is 4.90 Å². The number of halogens is 1. The maximum atomic E-state index is 12.1. The quantitative estimate of drug-likeness (QED) is 0.699. The molecular formula is C17H18ClN3O4S. The minimum absolute atomic E-state index is 0.0833. The Balaban J connectivity index is 1.99. The van der Waals surface area contributed by atoms with E-state index in [1.54, 1.807) is 0 Å². The van der Waals surface area contributed by atoms with Crippen LogP contribution in [0, 0.1) is 0 Å². The van der Waals surface area contributed by atoms with E-state index >= 15 is 0 Å². The first-order chi connectivity index (χ1) is 12.3. The van der Waals surface area contributed by atoms with Crippen LogP contribution in [-0.4, -0.2) is 26.9 Å². The van der Waals surface area contributed by atoms with Crippen molar-refractivity contribution in [3.8, 4) is 0 Å². The molecule has 2 rings (SSSR count). The molecule has 7 nitrogen and oxygen atoms in total. The van der Waals surface area contributed by atoms with Crippen molar-refractivity contribution in [2.24, 2.45) is 0 Å². The number of benzene rings is 2. The molecule has 0 radical (unpaired) electrons. The number of amides is 3. The van der Waals surface area contributed by atoms with Crippen molar-refractivity contribution in [1.82, 2.24) is 10.0 Å². The van der Waals surface area contributed by atoms with E-state index in [-0.39, 0.29) is 10.8 Å². The number of carbonyl (C=O) groups excluding carboxylic acids is 2. The topological polar surface area (TPSA) is 104 Å². The van der Waals surface area contributed by atoms with E-state index in [9.17, 15) is 18.0 Å². The molecular weight excluding hydrogens is 378 g/mol. The summed E-state index contributed by atoms with van der Waals surface area (Å²) in [4.78, 5) is 23.6. The molecule has 138 valence electrons. The largest absolute Gasteiger partial charge is 0.352 e. The summed E-state index contributed by atoms with van der Waals surface area (Å²) in [6.45, 7) is 2.52. The van der Waals surface area contributed by atoms with Crippen molar-refractivity contribution < 1.29 is 18.0 Å². The number of hydrogen-bond donors (Lipinski definition) is 3. The molecule has 26 heavy (non-hydrogen) atoms. The van der Waals surface area contributed by atoms with Crippen molar-refractivity contribution >= 4 is 39.2 Å². The standard InChI is InChI=1S/C17H18ClN3O4S/c1-2-11-19-16(22)12-3-7-14(8-4-12)20-17(23)21-26(24,25)15-9-5-13(18)6-10-15/h3-10H,2,11H2,1H3,(H,19,22)(H2,20,21,23). The zero-order valence-electron chi connectivity index (χ0n) is 14.0. The lowest BCUT2D eigenvalue weighted by atomic mass is 10.2. The van der Waals surface area contributed by atoms with Crippen LogP contribution in [0.4, 0.5) is 10.5 Å². The predicted molar refractivity (Wildman–Crippen MR) is 99.9 cm³/mol. The molecule has 0 fully saturated rings. The van der Waals surface area contributed by atoms with Gasteiger partial charge in [0.25, 0.3) is 15.9 Å². The minimum Gasteiger partial charge on any atom is -0.352 e. The van der Waals surface area contributed by atoms with Gasteiger partial charge in [0, 0.05) is 22.8 Å². The molecule has 0 aromatic heterocycles. The molecule has 3 N–H and O–H groups in total. The van der Waals surface area contributed by atoms with E-state index in [0.29, 0.717) is 22.8 Å². The lowest BCUT2D eigenvalue weighted by Crippen LogP contribution is -2.34. The van der Waals surface area contributed by atoms with E-state index < -0.39 is 16.1 Å². The van der Waals surface area contributed by atoms with Gasteiger partial charge in [-0.05, 0) is 55.0 Å². The van der Waals surface area contributed by atoms with Crippen LogP contribution in [0.2, 0.25) is 5.02 Å². The fourth-order valence-corrected chi connectivity index (χ4v) is 3.03. The van der Waals surface area contributed by atoms with Gasteiger partial charge in [0.15, 0.2) is 0 Å². The maximum Gasteiger partial charge on any atom is 0.333 e. The van der Waals surface area contributed by atoms with Gasteiger partial charge in [0.2, 0.25) is 0 Å². The molecule has 0 aliphatic rings. The minimum atomic E-state index is -4.01. The van der Waals surface area contributed by atoms with Crippen LogP contribution >= 0.6 is 11.6 Å². The molecule has 0 bridgehead atoms. The van der Waals surface area contributed by atoms with E-state index in [0.717, 1.165) is 6.42 Å². The fraction of sp³-hybridized carbons (Fsp3) is 0.176. The van der Waals surface area contributed by atoms with Crippen LogP contribution in [0.5, 0.6) is 0 Å². The summed E-state index contributed by atoms with van der Waals surface area (Å²) in [6, 6.07) is 10.6. The van der Waals surface area contributed by atoms with Crippen molar-refractivity contribution in [3.63, 3.8) is 0 Å². The normalized spacial score (nSPS) is 10.8. The van der Waals surface area contributed by atoms with Gasteiger partial charge in [0.1, 0.15) is 0 Å². The highest BCUT2D eigenvalue weighted by Crippen LogP contribution is 2.14. The third-order valence-electron chi connectivity index (χ3n) is 3.29. The highest BCUT2D eigenvalue weighted by molar-refractivity contribution is 7.90. The number of sulfonamides is 1. The summed E-state index contributed by atoms with van der Waals surface area (Å²) in [5, 5.41) is 5.52. The van der Waals surface area contributed by atoms with Crippen LogP contribution < -0.4 is 15.4 Å². The first kappa shape index (κ1) is 19.7. The molecule has 0 saturated heterocycles. The van der Waals surface area contributed by atoms with Gasteiger partial charge in [-0.3, -0.25) is 4.79 Å². The number of hydrogen-bond acceptors (Lipinski definition) is 4. The van der Waals surface area contributed by atoms with Gasteiger partial charge < -0.3 is 10.6 Å². The van der Waals surface area contributed by atoms with Crippen LogP contribution in [0.3, 0.4) is 0 Å². The molecule has 3 amide bonds. The Bertz CT molecular complexity index is 881. The van der Waals surface area contributed by atoms with Gasteiger partial charge >= 0.3 is 6.03 Å². The van der Waals surface area contributed by atoms with E-state index in [1.807, 2.05) is 11.6 Å². The first-order valence-electron chi connectivity index (χ1n) is 7.79. The summed E-state index contributed by atoms with van der Waals surface area (Å²) < 4.78 is 26.1. The Hall–Kier alpha value is -2.58. The van der Waals surface area contributed by atoms with Gasteiger partial charge in [-0.15, -0.1) is 0 Å². The first-order valence-corrected chi connectivity index (χ1v) is 9.65. The Morgan fingerprint density at radius 3 is 2.19 bits per heavy atom. The van der Waals surface area contributed by atoms with E-state index in [2.05, 4.69) is 10.6 Å². The lowest BCUT2D eigenvalue weighted by Gasteiger charge is -2.09. The van der Waals surface area contributed by atoms with Crippen LogP contribution in [0.25, 0.3) is 0 Å². The molecule has 2 aromatic carbocycles. The third kappa shape index (κ3) is 5.47. The summed E-state index contributed by atoms with van der Waals surface area (Å²) in [6.07, 6.45) is 0.827. The molecule has 9 heteroatoms. The van der Waals surface area contributed by atoms with Gasteiger partial charge in [-0.1, -0.05) is 18.5 Å². The van der Waals surface area contributed by atoms with Crippen LogP contribution in [-0.2, 0) is 10.0 Å². The molecule has 0 heterocycles. The van der Waals surface area contributed by atoms with Crippen molar-refractivity contribution in [2.75, 3.05) is 11.9 Å². The summed E-state index contributed by atoms with van der Waals surface area (Å²) in [7, 11) is -4.01. The second-order valence-electron chi connectivity index (χ2n) is 5.35. The van der Waals surface area contributed by atoms with Crippen molar-refractivity contribution in [1.29, 1.82) is 0 Å². The molecule has 0 spiro atoms. The second kappa shape index (κ2) is 8.68. The van der Waals surface area contributed by atoms with E-state index in [4.69, 9.17) is 11.6 Å². The smallest absolute Gasteiger partial charge is 0.333 e. The number of anilines is 1. The molecule has 0 atom stereocenters. The SMILES string of the molecule is CCCNC(=O)c1ccc(NC(=O)NS(=O)(=O)c2ccc(Cl)cc2)cc1. The highest BCUT2D eigenvalue weighted by atomic mass is 35.5. The monoisotopic (exact) mass is 395 g/mol. The molecule has 0 saturated carbocycles. The number of carbonyl (C=O) groups is 2. The summed E-state index contributed by atoms with van der Waals surface area (Å²) in [5.74, 6) is -0.215. The average Bonchev–Trinajstić information content (AvgIpc) is 2.60. The fourth-order valence-electron chi connectivity index (χ4n) is 2.00. The third-order valence-corrected chi connectivity index (χ3v) is 4.89. The van der Waals surface area contributed by atoms with Crippen molar-refractivity contribution in [2.45, 2.75) is 18.2 Å². The summed E-state index contributed by atoms with van der Waals surface area (Å²) >= 11 is 5.71. The second-order valence-corrected chi connectivity index (χ2v) is 7.47. The molecule has 0 aliphatic carbocycles. The van der Waals surface area contributed by atoms with Gasteiger partial charge in [-0.2, -0.15) is 0 Å². The Morgan fingerprint density at radius 2 is 1.62 bits per heavy atom. The molecule has 0 aliphatic heterocycles. The predicted octanol–water partition coefficient (Wildman–Crippen LogP) is 2.99. The van der Waals surface area contributed by atoms with E-state index in [1.165, 1.54) is 48.5 Å². The zero-order valence-corrected chi connectivity index (χ0v) is 15.5. The Labute approximate surface area is 156 Å². The average molecular weight is 396 g/mol. The van der Waals surface area contributed by atoms with Crippen molar-refractivity contribution in [3.05, 3.63) is 59.1 Å². The Morgan fingerprint density at radius 1 is 1.00 bits per heavy atom. The maximum absolute atomic E-state index is 12.1. The molecule has 0 unspecified atom stereocenters. The number of nitrogens with one attached hydrogen (secondary N) is 3. The molecule has 2 aromatic rings. The number of urea groups is 1. The Kier molecular flexibility index (Phi) is 6.59. The lowest BCUT2D eigenvalue weighted by molar-refractivity contribution is 0.0953. The zero-order chi connectivity index (χ0) is 19.2. The number of rotatable bonds is 6. The summed E-state index contributed by atoms with van der Waals surface area (Å²) in [5.41, 5.74) is 0.791. The van der Waals surface area contributed by atoms with Crippen LogP contribution in [0.15, 0.2) is 53.4 Å².